The first-order valence-electron chi connectivity index (χ1n) is 7.09. The van der Waals surface area contributed by atoms with Crippen LogP contribution < -0.4 is 4.74 Å². The highest BCUT2D eigenvalue weighted by atomic mass is 16.5. The molecule has 0 saturated heterocycles. The first-order chi connectivity index (χ1) is 9.28. The molecule has 1 fully saturated rings. The van der Waals surface area contributed by atoms with Crippen LogP contribution in [0, 0.1) is 11.3 Å². The van der Waals surface area contributed by atoms with E-state index in [4.69, 9.17) is 10.00 Å². The molecule has 3 heteroatoms. The molecule has 3 nitrogen and oxygen atoms in total. The topological polar surface area (TPSA) is 36.3 Å². The van der Waals surface area contributed by atoms with E-state index in [0.717, 1.165) is 12.6 Å². The van der Waals surface area contributed by atoms with Crippen LogP contribution in [0.15, 0.2) is 18.2 Å². The predicted octanol–water partition coefficient (Wildman–Crippen LogP) is 3.33. The van der Waals surface area contributed by atoms with Crippen molar-refractivity contribution in [1.82, 2.24) is 4.90 Å². The summed E-state index contributed by atoms with van der Waals surface area (Å²) in [6.07, 6.45) is 5.15. The number of rotatable bonds is 7. The third kappa shape index (κ3) is 3.71. The standard InChI is InChI=1S/C16H22N2O/c1-3-4-9-18(15-7-8-15)12-13-5-6-14(11-17)16(10-13)19-2/h5-6,10,15H,3-4,7-9,12H2,1-2H3. The van der Waals surface area contributed by atoms with Crippen molar-refractivity contribution >= 4 is 0 Å². The maximum atomic E-state index is 9.00. The molecule has 0 amide bonds. The highest BCUT2D eigenvalue weighted by molar-refractivity contribution is 5.45. The second-order valence-corrected chi connectivity index (χ2v) is 5.20. The predicted molar refractivity (Wildman–Crippen MR) is 76.0 cm³/mol. The van der Waals surface area contributed by atoms with E-state index in [2.05, 4.69) is 17.9 Å². The molecule has 0 N–H and O–H groups in total. The zero-order valence-corrected chi connectivity index (χ0v) is 11.9. The molecule has 0 bridgehead atoms. The van der Waals surface area contributed by atoms with E-state index in [0.29, 0.717) is 11.3 Å². The Morgan fingerprint density at radius 1 is 1.42 bits per heavy atom. The lowest BCUT2D eigenvalue weighted by Gasteiger charge is -2.22. The van der Waals surface area contributed by atoms with Gasteiger partial charge in [0.2, 0.25) is 0 Å². The van der Waals surface area contributed by atoms with Gasteiger partial charge in [-0.1, -0.05) is 19.4 Å². The fourth-order valence-electron chi connectivity index (χ4n) is 2.35. The summed E-state index contributed by atoms with van der Waals surface area (Å²) in [6, 6.07) is 8.83. The largest absolute Gasteiger partial charge is 0.495 e. The Kier molecular flexibility index (Phi) is 4.81. The highest BCUT2D eigenvalue weighted by Gasteiger charge is 2.28. The van der Waals surface area contributed by atoms with Crippen molar-refractivity contribution in [2.45, 2.75) is 45.2 Å². The van der Waals surface area contributed by atoms with E-state index < -0.39 is 0 Å². The molecule has 0 atom stereocenters. The summed E-state index contributed by atoms with van der Waals surface area (Å²) >= 11 is 0. The van der Waals surface area contributed by atoms with Gasteiger partial charge in [-0.15, -0.1) is 0 Å². The zero-order chi connectivity index (χ0) is 13.7. The van der Waals surface area contributed by atoms with E-state index in [-0.39, 0.29) is 0 Å². The zero-order valence-electron chi connectivity index (χ0n) is 11.9. The van der Waals surface area contributed by atoms with Gasteiger partial charge in [-0.25, -0.2) is 0 Å². The number of hydrogen-bond acceptors (Lipinski definition) is 3. The van der Waals surface area contributed by atoms with Gasteiger partial charge >= 0.3 is 0 Å². The van der Waals surface area contributed by atoms with Crippen molar-refractivity contribution < 1.29 is 4.74 Å². The van der Waals surface area contributed by atoms with Crippen LogP contribution in [-0.4, -0.2) is 24.6 Å². The third-order valence-corrected chi connectivity index (χ3v) is 3.63. The summed E-state index contributed by atoms with van der Waals surface area (Å²) in [6.45, 7) is 4.37. The van der Waals surface area contributed by atoms with E-state index in [1.807, 2.05) is 18.2 Å². The van der Waals surface area contributed by atoms with Crippen LogP contribution in [0.2, 0.25) is 0 Å². The summed E-state index contributed by atoms with van der Waals surface area (Å²) in [5.41, 5.74) is 1.84. The van der Waals surface area contributed by atoms with Gasteiger partial charge < -0.3 is 4.74 Å². The number of ether oxygens (including phenoxy) is 1. The molecule has 2 rings (SSSR count). The van der Waals surface area contributed by atoms with Crippen molar-refractivity contribution in [2.75, 3.05) is 13.7 Å². The first kappa shape index (κ1) is 13.9. The molecule has 0 spiro atoms. The monoisotopic (exact) mass is 258 g/mol. The average Bonchev–Trinajstić information content (AvgIpc) is 3.27. The Labute approximate surface area is 115 Å². The minimum absolute atomic E-state index is 0.609. The molecule has 19 heavy (non-hydrogen) atoms. The Morgan fingerprint density at radius 2 is 2.21 bits per heavy atom. The van der Waals surface area contributed by atoms with Crippen LogP contribution in [0.25, 0.3) is 0 Å². The summed E-state index contributed by atoms with van der Waals surface area (Å²) in [5.74, 6) is 0.686. The lowest BCUT2D eigenvalue weighted by Crippen LogP contribution is -2.26. The van der Waals surface area contributed by atoms with E-state index in [1.165, 1.54) is 37.8 Å². The maximum absolute atomic E-state index is 9.00. The highest BCUT2D eigenvalue weighted by Crippen LogP contribution is 2.29. The van der Waals surface area contributed by atoms with Crippen molar-refractivity contribution in [3.8, 4) is 11.8 Å². The fraction of sp³-hybridized carbons (Fsp3) is 0.562. The van der Waals surface area contributed by atoms with Crippen molar-refractivity contribution in [3.63, 3.8) is 0 Å². The molecule has 1 saturated carbocycles. The molecule has 0 aliphatic heterocycles. The van der Waals surface area contributed by atoms with Crippen LogP contribution in [0.1, 0.15) is 43.7 Å². The van der Waals surface area contributed by atoms with Crippen molar-refractivity contribution in [3.05, 3.63) is 29.3 Å². The van der Waals surface area contributed by atoms with E-state index in [9.17, 15) is 0 Å². The van der Waals surface area contributed by atoms with Gasteiger partial charge in [0.05, 0.1) is 12.7 Å². The van der Waals surface area contributed by atoms with Gasteiger partial charge in [0, 0.05) is 12.6 Å². The van der Waals surface area contributed by atoms with Crippen LogP contribution in [-0.2, 0) is 6.54 Å². The van der Waals surface area contributed by atoms with Gasteiger partial charge in [-0.2, -0.15) is 5.26 Å². The van der Waals surface area contributed by atoms with Crippen LogP contribution >= 0.6 is 0 Å². The molecular formula is C16H22N2O. The molecule has 102 valence electrons. The quantitative estimate of drug-likeness (QED) is 0.752. The number of unbranched alkanes of at least 4 members (excludes halogenated alkanes) is 1. The number of benzene rings is 1. The Morgan fingerprint density at radius 3 is 2.79 bits per heavy atom. The maximum Gasteiger partial charge on any atom is 0.136 e. The van der Waals surface area contributed by atoms with Crippen LogP contribution in [0.5, 0.6) is 5.75 Å². The van der Waals surface area contributed by atoms with Gasteiger partial charge in [0.25, 0.3) is 0 Å². The fourth-order valence-corrected chi connectivity index (χ4v) is 2.35. The van der Waals surface area contributed by atoms with Gasteiger partial charge in [-0.3, -0.25) is 4.90 Å². The Hall–Kier alpha value is -1.53. The molecule has 1 aromatic carbocycles. The summed E-state index contributed by atoms with van der Waals surface area (Å²) in [7, 11) is 1.62. The van der Waals surface area contributed by atoms with Crippen molar-refractivity contribution in [1.29, 1.82) is 5.26 Å². The molecule has 1 aromatic rings. The molecule has 1 aliphatic rings. The number of methoxy groups -OCH3 is 1. The molecule has 0 heterocycles. The van der Waals surface area contributed by atoms with Crippen molar-refractivity contribution in [2.24, 2.45) is 0 Å². The molecule has 0 unspecified atom stereocenters. The Bertz CT molecular complexity index is 460. The van der Waals surface area contributed by atoms with Crippen LogP contribution in [0.3, 0.4) is 0 Å². The Balaban J connectivity index is 2.06. The lowest BCUT2D eigenvalue weighted by atomic mass is 10.1. The summed E-state index contributed by atoms with van der Waals surface area (Å²) in [4.78, 5) is 2.56. The smallest absolute Gasteiger partial charge is 0.136 e. The normalized spacial score (nSPS) is 14.4. The minimum Gasteiger partial charge on any atom is -0.495 e. The molecule has 0 aromatic heterocycles. The molecule has 1 aliphatic carbocycles. The number of hydrogen-bond donors (Lipinski definition) is 0. The van der Waals surface area contributed by atoms with Gasteiger partial charge in [0.1, 0.15) is 11.8 Å². The third-order valence-electron chi connectivity index (χ3n) is 3.63. The second-order valence-electron chi connectivity index (χ2n) is 5.20. The number of nitriles is 1. The molecule has 0 radical (unpaired) electrons. The minimum atomic E-state index is 0.609. The van der Waals surface area contributed by atoms with Gasteiger partial charge in [0.15, 0.2) is 0 Å². The van der Waals surface area contributed by atoms with Crippen LogP contribution in [0.4, 0.5) is 0 Å². The first-order valence-corrected chi connectivity index (χ1v) is 7.09. The van der Waals surface area contributed by atoms with E-state index in [1.54, 1.807) is 7.11 Å². The lowest BCUT2D eigenvalue weighted by molar-refractivity contribution is 0.250. The molecular weight excluding hydrogens is 236 g/mol. The summed E-state index contributed by atoms with van der Waals surface area (Å²) < 4.78 is 5.27. The average molecular weight is 258 g/mol. The second kappa shape index (κ2) is 6.58. The van der Waals surface area contributed by atoms with Gasteiger partial charge in [-0.05, 0) is 43.5 Å². The van der Waals surface area contributed by atoms with E-state index >= 15 is 0 Å². The number of nitrogens with zero attached hydrogens (tertiary/aromatic N) is 2. The summed E-state index contributed by atoms with van der Waals surface area (Å²) in [5, 5.41) is 9.00. The SMILES string of the molecule is CCCCN(Cc1ccc(C#N)c(OC)c1)C1CC1.